The van der Waals surface area contributed by atoms with Crippen molar-refractivity contribution in [3.05, 3.63) is 0 Å². The van der Waals surface area contributed by atoms with Crippen molar-refractivity contribution in [2.24, 2.45) is 0 Å². The van der Waals surface area contributed by atoms with Gasteiger partial charge in [-0.2, -0.15) is 0 Å². The zero-order valence-electron chi connectivity index (χ0n) is 8.42. The lowest BCUT2D eigenvalue weighted by molar-refractivity contribution is 0.159. The topological polar surface area (TPSA) is 23.5 Å². The molecule has 0 saturated heterocycles. The van der Waals surface area contributed by atoms with Crippen LogP contribution in [-0.2, 0) is 0 Å². The van der Waals surface area contributed by atoms with Gasteiger partial charge in [-0.1, -0.05) is 26.2 Å². The lowest BCUT2D eigenvalue weighted by Crippen LogP contribution is -2.31. The second-order valence-electron chi connectivity index (χ2n) is 3.30. The molecule has 0 aromatic carbocycles. The second kappa shape index (κ2) is 9.30. The van der Waals surface area contributed by atoms with E-state index >= 15 is 0 Å². The van der Waals surface area contributed by atoms with Gasteiger partial charge in [0.15, 0.2) is 0 Å². The Morgan fingerprint density at radius 2 is 1.83 bits per heavy atom. The van der Waals surface area contributed by atoms with Gasteiger partial charge in [-0.15, -0.1) is 12.4 Å². The first-order valence-electron chi connectivity index (χ1n) is 4.49. The van der Waals surface area contributed by atoms with Gasteiger partial charge in [0.05, 0.1) is 6.61 Å². The molecule has 0 aliphatic rings. The van der Waals surface area contributed by atoms with Gasteiger partial charge < -0.3 is 10.0 Å². The van der Waals surface area contributed by atoms with Gasteiger partial charge in [0, 0.05) is 6.04 Å². The molecule has 1 N–H and O–H groups in total. The number of aliphatic hydroxyl groups is 1. The van der Waals surface area contributed by atoms with Crippen LogP contribution >= 0.6 is 12.4 Å². The van der Waals surface area contributed by atoms with Crippen molar-refractivity contribution in [2.45, 2.75) is 38.6 Å². The maximum Gasteiger partial charge on any atom is 0.0586 e. The average Bonchev–Trinajstić information content (AvgIpc) is 1.97. The lowest BCUT2D eigenvalue weighted by atomic mass is 10.1. The van der Waals surface area contributed by atoms with Crippen LogP contribution in [0.5, 0.6) is 0 Å². The van der Waals surface area contributed by atoms with Crippen molar-refractivity contribution >= 4 is 12.4 Å². The molecule has 0 aromatic rings. The predicted octanol–water partition coefficient (Wildman–Crippen LogP) is 1.91. The molecule has 0 saturated carbocycles. The predicted molar refractivity (Wildman–Crippen MR) is 56.0 cm³/mol. The third-order valence-electron chi connectivity index (χ3n) is 2.08. The van der Waals surface area contributed by atoms with Crippen molar-refractivity contribution in [3.63, 3.8) is 0 Å². The SMILES string of the molecule is CCCCCC(CO)N(C)C.Cl. The molecule has 76 valence electrons. The first kappa shape index (κ1) is 14.7. The largest absolute Gasteiger partial charge is 0.395 e. The standard InChI is InChI=1S/C9H21NO.ClH/c1-4-5-6-7-9(8-11)10(2)3;/h9,11H,4-8H2,1-3H3;1H. The number of halogens is 1. The van der Waals surface area contributed by atoms with Gasteiger partial charge in [-0.05, 0) is 20.5 Å². The van der Waals surface area contributed by atoms with E-state index in [2.05, 4.69) is 11.8 Å². The Morgan fingerprint density at radius 3 is 2.17 bits per heavy atom. The fourth-order valence-electron chi connectivity index (χ4n) is 1.14. The van der Waals surface area contributed by atoms with E-state index in [0.29, 0.717) is 6.04 Å². The summed E-state index contributed by atoms with van der Waals surface area (Å²) >= 11 is 0. The van der Waals surface area contributed by atoms with Crippen LogP contribution in [0.2, 0.25) is 0 Å². The van der Waals surface area contributed by atoms with Crippen LogP contribution < -0.4 is 0 Å². The van der Waals surface area contributed by atoms with Crippen LogP contribution in [0.25, 0.3) is 0 Å². The van der Waals surface area contributed by atoms with E-state index in [4.69, 9.17) is 5.11 Å². The summed E-state index contributed by atoms with van der Waals surface area (Å²) in [5, 5.41) is 8.95. The van der Waals surface area contributed by atoms with E-state index in [0.717, 1.165) is 6.42 Å². The van der Waals surface area contributed by atoms with Gasteiger partial charge in [-0.25, -0.2) is 0 Å². The number of likely N-dealkylation sites (N-methyl/N-ethyl adjacent to an activating group) is 1. The van der Waals surface area contributed by atoms with Gasteiger partial charge in [-0.3, -0.25) is 0 Å². The number of unbranched alkanes of at least 4 members (excludes halogenated alkanes) is 2. The van der Waals surface area contributed by atoms with E-state index in [1.165, 1.54) is 19.3 Å². The lowest BCUT2D eigenvalue weighted by Gasteiger charge is -2.21. The van der Waals surface area contributed by atoms with Crippen LogP contribution in [0.3, 0.4) is 0 Å². The summed E-state index contributed by atoms with van der Waals surface area (Å²) in [6.07, 6.45) is 4.90. The molecular formula is C9H22ClNO. The molecule has 0 amide bonds. The Balaban J connectivity index is 0. The highest BCUT2D eigenvalue weighted by Crippen LogP contribution is 2.06. The molecule has 0 aliphatic carbocycles. The minimum Gasteiger partial charge on any atom is -0.395 e. The second-order valence-corrected chi connectivity index (χ2v) is 3.30. The summed E-state index contributed by atoms with van der Waals surface area (Å²) in [7, 11) is 4.04. The van der Waals surface area contributed by atoms with Crippen LogP contribution in [0.4, 0.5) is 0 Å². The van der Waals surface area contributed by atoms with Crippen molar-refractivity contribution in [2.75, 3.05) is 20.7 Å². The first-order valence-corrected chi connectivity index (χ1v) is 4.49. The fraction of sp³-hybridized carbons (Fsp3) is 1.00. The van der Waals surface area contributed by atoms with Crippen LogP contribution in [0, 0.1) is 0 Å². The molecule has 0 radical (unpaired) electrons. The molecule has 0 aliphatic heterocycles. The van der Waals surface area contributed by atoms with Crippen molar-refractivity contribution < 1.29 is 5.11 Å². The minimum atomic E-state index is 0. The number of hydrogen-bond donors (Lipinski definition) is 1. The Hall–Kier alpha value is 0.210. The fourth-order valence-corrected chi connectivity index (χ4v) is 1.14. The number of nitrogens with zero attached hydrogens (tertiary/aromatic N) is 1. The summed E-state index contributed by atoms with van der Waals surface area (Å²) in [4.78, 5) is 2.09. The van der Waals surface area contributed by atoms with E-state index in [9.17, 15) is 0 Å². The van der Waals surface area contributed by atoms with Crippen molar-refractivity contribution in [1.29, 1.82) is 0 Å². The maximum atomic E-state index is 8.95. The molecule has 2 nitrogen and oxygen atoms in total. The maximum absolute atomic E-state index is 8.95. The molecular weight excluding hydrogens is 174 g/mol. The minimum absolute atomic E-state index is 0. The average molecular weight is 196 g/mol. The summed E-state index contributed by atoms with van der Waals surface area (Å²) in [6.45, 7) is 2.49. The first-order chi connectivity index (χ1) is 5.22. The highest BCUT2D eigenvalue weighted by atomic mass is 35.5. The monoisotopic (exact) mass is 195 g/mol. The molecule has 1 atom stereocenters. The van der Waals surface area contributed by atoms with E-state index in [-0.39, 0.29) is 19.0 Å². The third-order valence-corrected chi connectivity index (χ3v) is 2.08. The Bertz CT molecular complexity index is 88.6. The van der Waals surface area contributed by atoms with Crippen LogP contribution in [0.1, 0.15) is 32.6 Å². The molecule has 1 unspecified atom stereocenters. The zero-order chi connectivity index (χ0) is 8.69. The van der Waals surface area contributed by atoms with Crippen LogP contribution in [0.15, 0.2) is 0 Å². The van der Waals surface area contributed by atoms with Gasteiger partial charge in [0.2, 0.25) is 0 Å². The molecule has 0 spiro atoms. The third kappa shape index (κ3) is 6.89. The summed E-state index contributed by atoms with van der Waals surface area (Å²) in [6, 6.07) is 0.363. The summed E-state index contributed by atoms with van der Waals surface area (Å²) in [5.41, 5.74) is 0. The zero-order valence-corrected chi connectivity index (χ0v) is 9.23. The van der Waals surface area contributed by atoms with Crippen LogP contribution in [-0.4, -0.2) is 36.8 Å². The number of aliphatic hydroxyl groups excluding tert-OH is 1. The quantitative estimate of drug-likeness (QED) is 0.655. The molecule has 3 heteroatoms. The number of rotatable bonds is 6. The van der Waals surface area contributed by atoms with Crippen molar-refractivity contribution in [1.82, 2.24) is 4.90 Å². The van der Waals surface area contributed by atoms with Gasteiger partial charge in [0.25, 0.3) is 0 Å². The van der Waals surface area contributed by atoms with Crippen molar-refractivity contribution in [3.8, 4) is 0 Å². The number of hydrogen-bond acceptors (Lipinski definition) is 2. The summed E-state index contributed by atoms with van der Waals surface area (Å²) < 4.78 is 0. The summed E-state index contributed by atoms with van der Waals surface area (Å²) in [5.74, 6) is 0. The Labute approximate surface area is 82.4 Å². The molecule has 0 aromatic heterocycles. The Kier molecular flexibility index (Phi) is 11.4. The van der Waals surface area contributed by atoms with Gasteiger partial charge >= 0.3 is 0 Å². The smallest absolute Gasteiger partial charge is 0.0586 e. The van der Waals surface area contributed by atoms with Gasteiger partial charge in [0.1, 0.15) is 0 Å². The Morgan fingerprint density at radius 1 is 1.25 bits per heavy atom. The normalized spacial score (nSPS) is 12.8. The highest BCUT2D eigenvalue weighted by molar-refractivity contribution is 5.85. The van der Waals surface area contributed by atoms with E-state index in [1.54, 1.807) is 0 Å². The molecule has 0 rings (SSSR count). The molecule has 0 bridgehead atoms. The highest BCUT2D eigenvalue weighted by Gasteiger charge is 2.07. The van der Waals surface area contributed by atoms with E-state index < -0.39 is 0 Å². The van der Waals surface area contributed by atoms with E-state index in [1.807, 2.05) is 14.1 Å². The molecule has 0 heterocycles. The molecule has 0 fully saturated rings. The molecule has 12 heavy (non-hydrogen) atoms.